The fraction of sp³-hybridized carbons (Fsp3) is 0.645. The molecule has 220 valence electrons. The predicted octanol–water partition coefficient (Wildman–Crippen LogP) is 5.52. The highest BCUT2D eigenvalue weighted by Crippen LogP contribution is 2.47. The molecule has 2 atom stereocenters. The fourth-order valence-electron chi connectivity index (χ4n) is 5.64. The lowest BCUT2D eigenvalue weighted by Gasteiger charge is -2.42. The molecule has 40 heavy (non-hydrogen) atoms. The molecule has 0 radical (unpaired) electrons. The third kappa shape index (κ3) is 6.97. The van der Waals surface area contributed by atoms with Crippen LogP contribution in [0, 0.1) is 0 Å². The van der Waals surface area contributed by atoms with Crippen LogP contribution in [0.1, 0.15) is 92.2 Å². The number of alkyl carbamates (subject to hydrolysis) is 1. The molecular formula is C31H46N4O4S. The number of nitrogens with one attached hydrogen (secondary N) is 2. The van der Waals surface area contributed by atoms with Crippen LogP contribution in [0.4, 0.5) is 9.93 Å². The third-order valence-electron chi connectivity index (χ3n) is 8.19. The lowest BCUT2D eigenvalue weighted by molar-refractivity contribution is -0.126. The average molecular weight is 571 g/mol. The number of fused-ring (bicyclic) bond motifs is 1. The molecule has 0 bridgehead atoms. The van der Waals surface area contributed by atoms with Crippen LogP contribution in [0.3, 0.4) is 0 Å². The van der Waals surface area contributed by atoms with Crippen LogP contribution >= 0.6 is 11.3 Å². The molecule has 0 unspecified atom stereocenters. The number of nitrogens with zero attached hydrogens (tertiary/aromatic N) is 2. The van der Waals surface area contributed by atoms with Gasteiger partial charge in [-0.2, -0.15) is 0 Å². The zero-order valence-electron chi connectivity index (χ0n) is 25.3. The van der Waals surface area contributed by atoms with E-state index in [4.69, 9.17) is 9.72 Å². The number of aliphatic hydroxyl groups is 1. The second-order valence-corrected chi connectivity index (χ2v) is 14.5. The number of hydrogen-bond acceptors (Lipinski definition) is 7. The van der Waals surface area contributed by atoms with E-state index in [0.717, 1.165) is 42.3 Å². The van der Waals surface area contributed by atoms with Gasteiger partial charge < -0.3 is 25.4 Å². The van der Waals surface area contributed by atoms with E-state index < -0.39 is 29.7 Å². The molecule has 2 amide bonds. The molecule has 1 aliphatic heterocycles. The summed E-state index contributed by atoms with van der Waals surface area (Å²) in [6.07, 6.45) is 2.10. The molecule has 4 rings (SSSR count). The molecule has 1 aromatic carbocycles. The Labute approximate surface area is 242 Å². The molecule has 9 heteroatoms. The first-order valence-corrected chi connectivity index (χ1v) is 15.3. The van der Waals surface area contributed by atoms with E-state index in [9.17, 15) is 14.7 Å². The van der Waals surface area contributed by atoms with Gasteiger partial charge in [-0.15, -0.1) is 11.3 Å². The highest BCUT2D eigenvalue weighted by atomic mass is 32.1. The first kappa shape index (κ1) is 30.3. The van der Waals surface area contributed by atoms with Gasteiger partial charge in [0.25, 0.3) is 0 Å². The van der Waals surface area contributed by atoms with Crippen molar-refractivity contribution in [3.63, 3.8) is 0 Å². The van der Waals surface area contributed by atoms with Gasteiger partial charge in [0, 0.05) is 30.1 Å². The number of carbonyl (C=O) groups is 2. The van der Waals surface area contributed by atoms with Gasteiger partial charge in [-0.25, -0.2) is 9.78 Å². The number of hydrogen-bond donors (Lipinski definition) is 3. The Balaban J connectivity index is 1.36. The normalized spacial score (nSPS) is 20.3. The first-order chi connectivity index (χ1) is 18.6. The summed E-state index contributed by atoms with van der Waals surface area (Å²) in [5, 5.41) is 18.8. The number of carbonyl (C=O) groups excluding carboxylic acids is 2. The van der Waals surface area contributed by atoms with Crippen molar-refractivity contribution in [2.45, 2.75) is 116 Å². The Morgan fingerprint density at radius 2 is 1.73 bits per heavy atom. The van der Waals surface area contributed by atoms with Crippen molar-refractivity contribution < 1.29 is 19.4 Å². The summed E-state index contributed by atoms with van der Waals surface area (Å²) >= 11 is 1.66. The summed E-state index contributed by atoms with van der Waals surface area (Å²) in [4.78, 5) is 32.3. The Morgan fingerprint density at radius 3 is 2.33 bits per heavy atom. The number of aromatic nitrogens is 1. The van der Waals surface area contributed by atoms with Gasteiger partial charge in [-0.3, -0.25) is 4.79 Å². The Bertz CT molecular complexity index is 1220. The number of thiazole rings is 1. The molecule has 1 fully saturated rings. The summed E-state index contributed by atoms with van der Waals surface area (Å²) in [6, 6.07) is 5.74. The van der Waals surface area contributed by atoms with E-state index in [2.05, 4.69) is 66.8 Å². The van der Waals surface area contributed by atoms with Crippen molar-refractivity contribution >= 4 is 28.5 Å². The first-order valence-electron chi connectivity index (χ1n) is 14.4. The van der Waals surface area contributed by atoms with E-state index in [1.807, 2.05) is 0 Å². The maximum Gasteiger partial charge on any atom is 0.408 e. The standard InChI is InChI=1S/C31H46N4O4S/c1-19(36)25(34-28(38)39-29(2,3)4)26(37)32-21-11-15-35(16-12-21)27-33-24(18-40-27)20-9-10-22-23(17-20)31(7,8)14-13-30(22,5)6/h9-10,17-19,21,25,36H,11-16H2,1-8H3,(H,32,37)(H,34,38)/t19-,25+/m1/s1. The predicted molar refractivity (Wildman–Crippen MR) is 161 cm³/mol. The van der Waals surface area contributed by atoms with Crippen LogP contribution in [0.15, 0.2) is 23.6 Å². The molecule has 2 aliphatic rings. The average Bonchev–Trinajstić information content (AvgIpc) is 3.35. The Morgan fingerprint density at radius 1 is 1.10 bits per heavy atom. The second kappa shape index (κ2) is 11.3. The monoisotopic (exact) mass is 570 g/mol. The maximum atomic E-state index is 12.9. The maximum absolute atomic E-state index is 12.9. The van der Waals surface area contributed by atoms with Crippen molar-refractivity contribution in [2.75, 3.05) is 18.0 Å². The molecular weight excluding hydrogens is 524 g/mol. The molecule has 8 nitrogen and oxygen atoms in total. The summed E-state index contributed by atoms with van der Waals surface area (Å²) in [7, 11) is 0. The van der Waals surface area contributed by atoms with Crippen molar-refractivity contribution in [2.24, 2.45) is 0 Å². The van der Waals surface area contributed by atoms with E-state index in [-0.39, 0.29) is 16.9 Å². The van der Waals surface area contributed by atoms with Gasteiger partial charge in [-0.1, -0.05) is 39.8 Å². The number of rotatable bonds is 6. The van der Waals surface area contributed by atoms with Gasteiger partial charge >= 0.3 is 6.09 Å². The van der Waals surface area contributed by atoms with Gasteiger partial charge in [-0.05, 0) is 81.4 Å². The number of amides is 2. The van der Waals surface area contributed by atoms with Crippen LogP contribution < -0.4 is 15.5 Å². The lowest BCUT2D eigenvalue weighted by atomic mass is 9.63. The number of piperidine rings is 1. The lowest BCUT2D eigenvalue weighted by Crippen LogP contribution is -2.56. The highest BCUT2D eigenvalue weighted by Gasteiger charge is 2.37. The van der Waals surface area contributed by atoms with Crippen molar-refractivity contribution in [1.29, 1.82) is 0 Å². The van der Waals surface area contributed by atoms with Crippen molar-refractivity contribution in [3.05, 3.63) is 34.7 Å². The molecule has 1 saturated heterocycles. The van der Waals surface area contributed by atoms with Crippen LogP contribution in [0.5, 0.6) is 0 Å². The highest BCUT2D eigenvalue weighted by molar-refractivity contribution is 7.14. The van der Waals surface area contributed by atoms with Gasteiger partial charge in [0.2, 0.25) is 5.91 Å². The quantitative estimate of drug-likeness (QED) is 0.423. The van der Waals surface area contributed by atoms with E-state index in [1.54, 1.807) is 32.1 Å². The SMILES string of the molecule is C[C@@H](O)[C@H](NC(=O)OC(C)(C)C)C(=O)NC1CCN(c2nc(-c3ccc4c(c3)C(C)(C)CCC4(C)C)cs2)CC1. The van der Waals surface area contributed by atoms with E-state index in [0.29, 0.717) is 0 Å². The van der Waals surface area contributed by atoms with Crippen molar-refractivity contribution in [1.82, 2.24) is 15.6 Å². The third-order valence-corrected chi connectivity index (χ3v) is 9.09. The molecule has 2 aromatic rings. The molecule has 3 N–H and O–H groups in total. The molecule has 1 aliphatic carbocycles. The number of anilines is 1. The molecule has 2 heterocycles. The zero-order chi connectivity index (χ0) is 29.5. The zero-order valence-corrected chi connectivity index (χ0v) is 26.1. The van der Waals surface area contributed by atoms with Crippen LogP contribution in [-0.4, -0.2) is 59.0 Å². The van der Waals surface area contributed by atoms with Gasteiger partial charge in [0.05, 0.1) is 11.8 Å². The second-order valence-electron chi connectivity index (χ2n) is 13.7. The van der Waals surface area contributed by atoms with E-state index >= 15 is 0 Å². The summed E-state index contributed by atoms with van der Waals surface area (Å²) in [6.45, 7) is 17.6. The topological polar surface area (TPSA) is 104 Å². The summed E-state index contributed by atoms with van der Waals surface area (Å²) in [5.41, 5.74) is 4.70. The number of ether oxygens (including phenoxy) is 1. The van der Waals surface area contributed by atoms with Crippen molar-refractivity contribution in [3.8, 4) is 11.3 Å². The number of benzene rings is 1. The largest absolute Gasteiger partial charge is 0.444 e. The van der Waals surface area contributed by atoms with Gasteiger partial charge in [0.1, 0.15) is 11.6 Å². The van der Waals surface area contributed by atoms with Gasteiger partial charge in [0.15, 0.2) is 5.13 Å². The molecule has 0 saturated carbocycles. The summed E-state index contributed by atoms with van der Waals surface area (Å²) in [5.74, 6) is -0.408. The van der Waals surface area contributed by atoms with E-state index in [1.165, 1.54) is 30.9 Å². The van der Waals surface area contributed by atoms with Crippen LogP contribution in [0.2, 0.25) is 0 Å². The van der Waals surface area contributed by atoms with Crippen LogP contribution in [0.25, 0.3) is 11.3 Å². The smallest absolute Gasteiger partial charge is 0.408 e. The minimum atomic E-state index is -1.08. The Kier molecular flexibility index (Phi) is 8.58. The number of aliphatic hydroxyl groups excluding tert-OH is 1. The molecule has 0 spiro atoms. The minimum absolute atomic E-state index is 0.0453. The Hall–Kier alpha value is -2.65. The molecule has 1 aromatic heterocycles. The summed E-state index contributed by atoms with van der Waals surface area (Å²) < 4.78 is 5.25. The minimum Gasteiger partial charge on any atom is -0.444 e. The fourth-order valence-corrected chi connectivity index (χ4v) is 6.52. The van der Waals surface area contributed by atoms with Crippen LogP contribution in [-0.2, 0) is 20.4 Å².